The summed E-state index contributed by atoms with van der Waals surface area (Å²) in [6.07, 6.45) is 2.16. The van der Waals surface area contributed by atoms with Gasteiger partial charge in [0.1, 0.15) is 10.9 Å². The summed E-state index contributed by atoms with van der Waals surface area (Å²) < 4.78 is 0. The molecule has 1 N–H and O–H groups in total. The van der Waals surface area contributed by atoms with Gasteiger partial charge in [0.15, 0.2) is 0 Å². The minimum atomic E-state index is -0.410. The Labute approximate surface area is 155 Å². The van der Waals surface area contributed by atoms with Crippen molar-refractivity contribution >= 4 is 40.6 Å². The Kier molecular flexibility index (Phi) is 4.33. The number of anilines is 1. The minimum absolute atomic E-state index is 0.0814. The molecule has 2 aliphatic heterocycles. The lowest BCUT2D eigenvalue weighted by atomic mass is 10.1. The average Bonchev–Trinajstić information content (AvgIpc) is 3.33. The Balaban J connectivity index is 1.61. The number of carbonyl (C=O) groups is 2. The van der Waals surface area contributed by atoms with E-state index in [9.17, 15) is 9.59 Å². The number of amides is 2. The van der Waals surface area contributed by atoms with Crippen LogP contribution in [0.3, 0.4) is 0 Å². The van der Waals surface area contributed by atoms with Crippen molar-refractivity contribution in [2.45, 2.75) is 37.1 Å². The van der Waals surface area contributed by atoms with Gasteiger partial charge in [0.2, 0.25) is 11.8 Å². The maximum absolute atomic E-state index is 13.0. The maximum atomic E-state index is 13.0. The number of nitrogens with one attached hydrogen (secondary N) is 1. The van der Waals surface area contributed by atoms with Crippen molar-refractivity contribution in [3.63, 3.8) is 0 Å². The third-order valence-electron chi connectivity index (χ3n) is 4.99. The number of rotatable bonds is 4. The van der Waals surface area contributed by atoms with Crippen molar-refractivity contribution in [1.29, 1.82) is 0 Å². The normalized spacial score (nSPS) is 25.2. The highest BCUT2D eigenvalue weighted by Gasteiger charge is 2.57. The van der Waals surface area contributed by atoms with E-state index in [1.165, 1.54) is 4.88 Å². The summed E-state index contributed by atoms with van der Waals surface area (Å²) in [7, 11) is 0. The number of para-hydroxylation sites is 1. The molecule has 2 aromatic rings. The predicted octanol–water partition coefficient (Wildman–Crippen LogP) is 3.84. The number of benzene rings is 1. The zero-order chi connectivity index (χ0) is 17.4. The van der Waals surface area contributed by atoms with Gasteiger partial charge in [0.05, 0.1) is 0 Å². The molecule has 4 nitrogen and oxygen atoms in total. The van der Waals surface area contributed by atoms with Gasteiger partial charge >= 0.3 is 0 Å². The third-order valence-corrected chi connectivity index (χ3v) is 7.72. The van der Waals surface area contributed by atoms with E-state index in [1.54, 1.807) is 23.1 Å². The molecular formula is C19H20N2O2S2. The summed E-state index contributed by atoms with van der Waals surface area (Å²) >= 11 is 3.40. The van der Waals surface area contributed by atoms with Crippen LogP contribution in [0.2, 0.25) is 0 Å². The van der Waals surface area contributed by atoms with Crippen LogP contribution in [0.25, 0.3) is 0 Å². The van der Waals surface area contributed by atoms with Crippen LogP contribution in [0.5, 0.6) is 0 Å². The molecular weight excluding hydrogens is 352 g/mol. The minimum Gasteiger partial charge on any atom is -0.324 e. The number of thiophene rings is 1. The van der Waals surface area contributed by atoms with Crippen LogP contribution in [-0.2, 0) is 20.9 Å². The zero-order valence-electron chi connectivity index (χ0n) is 14.0. The molecule has 6 heteroatoms. The molecule has 2 saturated heterocycles. The molecule has 25 heavy (non-hydrogen) atoms. The van der Waals surface area contributed by atoms with Gasteiger partial charge in [0.25, 0.3) is 0 Å². The highest BCUT2D eigenvalue weighted by atomic mass is 32.2. The molecule has 130 valence electrons. The van der Waals surface area contributed by atoms with Gasteiger partial charge in [-0.3, -0.25) is 9.59 Å². The first-order valence-corrected chi connectivity index (χ1v) is 10.4. The van der Waals surface area contributed by atoms with Crippen LogP contribution in [0.15, 0.2) is 41.8 Å². The van der Waals surface area contributed by atoms with E-state index in [1.807, 2.05) is 40.6 Å². The fourth-order valence-corrected chi connectivity index (χ4v) is 6.48. The molecule has 0 spiro atoms. The van der Waals surface area contributed by atoms with Gasteiger partial charge < -0.3 is 10.2 Å². The summed E-state index contributed by atoms with van der Waals surface area (Å²) in [5, 5.41) is 5.09. The second-order valence-electron chi connectivity index (χ2n) is 6.35. The first kappa shape index (κ1) is 16.7. The molecule has 2 amide bonds. The van der Waals surface area contributed by atoms with Gasteiger partial charge in [0, 0.05) is 22.7 Å². The van der Waals surface area contributed by atoms with Gasteiger partial charge in [-0.15, -0.1) is 23.1 Å². The largest absolute Gasteiger partial charge is 0.324 e. The summed E-state index contributed by atoms with van der Waals surface area (Å²) in [5.74, 6) is 0.647. The Hall–Kier alpha value is -1.79. The summed E-state index contributed by atoms with van der Waals surface area (Å²) in [6.45, 7) is 2.07. The van der Waals surface area contributed by atoms with Crippen LogP contribution in [0, 0.1) is 0 Å². The number of thioether (sulfide) groups is 1. The first-order chi connectivity index (χ1) is 12.2. The SMILES string of the molecule is CCc1ccccc1NC(=O)[C@@H]1CS[C@@]2(c3cccs3)CCC(=O)N12. The smallest absolute Gasteiger partial charge is 0.248 e. The topological polar surface area (TPSA) is 49.4 Å². The Morgan fingerprint density at radius 2 is 2.16 bits per heavy atom. The highest BCUT2D eigenvalue weighted by molar-refractivity contribution is 8.00. The fourth-order valence-electron chi connectivity index (χ4n) is 3.75. The second-order valence-corrected chi connectivity index (χ2v) is 8.60. The molecule has 1 aromatic heterocycles. The molecule has 3 heterocycles. The number of fused-ring (bicyclic) bond motifs is 1. The predicted molar refractivity (Wildman–Crippen MR) is 103 cm³/mol. The van der Waals surface area contributed by atoms with Crippen molar-refractivity contribution in [1.82, 2.24) is 4.90 Å². The van der Waals surface area contributed by atoms with E-state index in [0.717, 1.165) is 24.1 Å². The lowest BCUT2D eigenvalue weighted by molar-refractivity contribution is -0.136. The quantitative estimate of drug-likeness (QED) is 0.887. The number of hydrogen-bond acceptors (Lipinski definition) is 4. The first-order valence-electron chi connectivity index (χ1n) is 8.54. The van der Waals surface area contributed by atoms with Crippen molar-refractivity contribution in [2.75, 3.05) is 11.1 Å². The van der Waals surface area contributed by atoms with Crippen LogP contribution in [0.4, 0.5) is 5.69 Å². The van der Waals surface area contributed by atoms with Crippen molar-refractivity contribution in [2.24, 2.45) is 0 Å². The monoisotopic (exact) mass is 372 g/mol. The molecule has 4 rings (SSSR count). The van der Waals surface area contributed by atoms with Crippen LogP contribution in [0.1, 0.15) is 30.2 Å². The molecule has 2 aliphatic rings. The number of aryl methyl sites for hydroxylation is 1. The molecule has 0 bridgehead atoms. The molecule has 0 aliphatic carbocycles. The summed E-state index contributed by atoms with van der Waals surface area (Å²) in [4.78, 5) is 28.2. The molecule has 0 unspecified atom stereocenters. The maximum Gasteiger partial charge on any atom is 0.248 e. The fraction of sp³-hybridized carbons (Fsp3) is 0.368. The number of carbonyl (C=O) groups excluding carboxylic acids is 2. The lowest BCUT2D eigenvalue weighted by Crippen LogP contribution is -2.47. The van der Waals surface area contributed by atoms with Crippen LogP contribution in [-0.4, -0.2) is 28.5 Å². The summed E-state index contributed by atoms with van der Waals surface area (Å²) in [6, 6.07) is 11.5. The zero-order valence-corrected chi connectivity index (χ0v) is 15.7. The van der Waals surface area contributed by atoms with Crippen LogP contribution >= 0.6 is 23.1 Å². The Morgan fingerprint density at radius 3 is 2.92 bits per heavy atom. The van der Waals surface area contributed by atoms with E-state index >= 15 is 0 Å². The lowest BCUT2D eigenvalue weighted by Gasteiger charge is -2.32. The number of hydrogen-bond donors (Lipinski definition) is 1. The molecule has 0 saturated carbocycles. The second kappa shape index (κ2) is 6.50. The Morgan fingerprint density at radius 1 is 1.32 bits per heavy atom. The van der Waals surface area contributed by atoms with E-state index in [-0.39, 0.29) is 16.7 Å². The Bertz CT molecular complexity index is 806. The number of nitrogens with zero attached hydrogens (tertiary/aromatic N) is 1. The van der Waals surface area contributed by atoms with E-state index in [0.29, 0.717) is 12.2 Å². The highest BCUT2D eigenvalue weighted by Crippen LogP contribution is 2.55. The van der Waals surface area contributed by atoms with Gasteiger partial charge in [-0.05, 0) is 35.9 Å². The van der Waals surface area contributed by atoms with Crippen LogP contribution < -0.4 is 5.32 Å². The van der Waals surface area contributed by atoms with E-state index < -0.39 is 6.04 Å². The van der Waals surface area contributed by atoms with Gasteiger partial charge in [-0.1, -0.05) is 31.2 Å². The molecule has 2 fully saturated rings. The molecule has 1 aromatic carbocycles. The van der Waals surface area contributed by atoms with Crippen molar-refractivity contribution < 1.29 is 9.59 Å². The van der Waals surface area contributed by atoms with Gasteiger partial charge in [-0.2, -0.15) is 0 Å². The molecule has 2 atom stereocenters. The average molecular weight is 373 g/mol. The van der Waals surface area contributed by atoms with Crippen molar-refractivity contribution in [3.8, 4) is 0 Å². The third kappa shape index (κ3) is 2.68. The standard InChI is InChI=1S/C19H20N2O2S2/c1-2-13-6-3-4-7-14(13)20-18(23)15-12-25-19(16-8-5-11-24-16)10-9-17(22)21(15)19/h3-8,11,15H,2,9-10,12H2,1H3,(H,20,23)/t15-,19+/m0/s1. The van der Waals surface area contributed by atoms with Gasteiger partial charge in [-0.25, -0.2) is 0 Å². The van der Waals surface area contributed by atoms with E-state index in [2.05, 4.69) is 18.3 Å². The summed E-state index contributed by atoms with van der Waals surface area (Å²) in [5.41, 5.74) is 1.96. The molecule has 0 radical (unpaired) electrons. The van der Waals surface area contributed by atoms with E-state index in [4.69, 9.17) is 0 Å². The van der Waals surface area contributed by atoms with Crippen molar-refractivity contribution in [3.05, 3.63) is 52.2 Å².